The molecule has 2 unspecified atom stereocenters. The number of nitrogens with one attached hydrogen (secondary N) is 2. The fourth-order valence-corrected chi connectivity index (χ4v) is 1.51. The Bertz CT molecular complexity index is 443. The number of hydrogen-bond donors (Lipinski definition) is 5. The van der Waals surface area contributed by atoms with Crippen LogP contribution >= 0.6 is 12.6 Å². The van der Waals surface area contributed by atoms with E-state index in [1.165, 1.54) is 0 Å². The number of hydrogen-bond acceptors (Lipinski definition) is 8. The average molecular weight is 335 g/mol. The lowest BCUT2D eigenvalue weighted by Gasteiger charge is -2.16. The first-order valence-electron chi connectivity index (χ1n) is 6.11. The van der Waals surface area contributed by atoms with Crippen molar-refractivity contribution in [3.8, 4) is 0 Å². The SMILES string of the molecule is NC(CCC(=O)NC(CS)C(=O)NCC(=O)OC=O)C(=O)O. The molecule has 22 heavy (non-hydrogen) atoms. The molecule has 5 N–H and O–H groups in total. The smallest absolute Gasteiger partial charge is 0.332 e. The van der Waals surface area contributed by atoms with Crippen LogP contribution in [0, 0.1) is 0 Å². The van der Waals surface area contributed by atoms with E-state index in [1.54, 1.807) is 0 Å². The first kappa shape index (κ1) is 19.9. The van der Waals surface area contributed by atoms with Crippen molar-refractivity contribution < 1.29 is 33.8 Å². The largest absolute Gasteiger partial charge is 0.480 e. The van der Waals surface area contributed by atoms with Crippen LogP contribution in [0.25, 0.3) is 0 Å². The zero-order valence-electron chi connectivity index (χ0n) is 11.5. The number of carbonyl (C=O) groups is 5. The Morgan fingerprint density at radius 1 is 1.32 bits per heavy atom. The van der Waals surface area contributed by atoms with Gasteiger partial charge in [-0.1, -0.05) is 0 Å². The summed E-state index contributed by atoms with van der Waals surface area (Å²) < 4.78 is 3.96. The summed E-state index contributed by atoms with van der Waals surface area (Å²) in [5.74, 6) is -3.52. The number of carboxylic acid groups (broad SMARTS) is 1. The zero-order valence-corrected chi connectivity index (χ0v) is 12.4. The van der Waals surface area contributed by atoms with Gasteiger partial charge < -0.3 is 26.2 Å². The minimum Gasteiger partial charge on any atom is -0.480 e. The molecule has 124 valence electrons. The topological polar surface area (TPSA) is 165 Å². The van der Waals surface area contributed by atoms with Crippen molar-refractivity contribution in [1.82, 2.24) is 10.6 Å². The summed E-state index contributed by atoms with van der Waals surface area (Å²) in [6.07, 6.45) is -0.272. The highest BCUT2D eigenvalue weighted by Gasteiger charge is 2.21. The first-order chi connectivity index (χ1) is 10.3. The van der Waals surface area contributed by atoms with Gasteiger partial charge in [-0.05, 0) is 6.42 Å². The van der Waals surface area contributed by atoms with E-state index < -0.39 is 42.4 Å². The van der Waals surface area contributed by atoms with E-state index in [9.17, 15) is 24.0 Å². The van der Waals surface area contributed by atoms with E-state index >= 15 is 0 Å². The van der Waals surface area contributed by atoms with E-state index in [-0.39, 0.29) is 25.1 Å². The number of amides is 2. The van der Waals surface area contributed by atoms with E-state index in [0.717, 1.165) is 0 Å². The Labute approximate surface area is 131 Å². The van der Waals surface area contributed by atoms with Crippen LogP contribution in [-0.2, 0) is 28.7 Å². The molecule has 0 aromatic rings. The second-order valence-electron chi connectivity index (χ2n) is 4.09. The van der Waals surface area contributed by atoms with E-state index in [0.29, 0.717) is 0 Å². The van der Waals surface area contributed by atoms with Crippen LogP contribution in [-0.4, -0.2) is 59.7 Å². The van der Waals surface area contributed by atoms with Gasteiger partial charge in [-0.3, -0.25) is 19.2 Å². The third-order valence-corrected chi connectivity index (χ3v) is 2.79. The van der Waals surface area contributed by atoms with Gasteiger partial charge in [-0.2, -0.15) is 12.6 Å². The molecular weight excluding hydrogens is 318 g/mol. The van der Waals surface area contributed by atoms with Crippen LogP contribution in [0.2, 0.25) is 0 Å². The van der Waals surface area contributed by atoms with E-state index in [4.69, 9.17) is 10.8 Å². The molecule has 0 saturated carbocycles. The monoisotopic (exact) mass is 335 g/mol. The minimum absolute atomic E-state index is 0.0503. The van der Waals surface area contributed by atoms with Gasteiger partial charge in [-0.25, -0.2) is 4.79 Å². The molecule has 10 nitrogen and oxygen atoms in total. The molecule has 0 heterocycles. The molecule has 0 fully saturated rings. The number of thiol groups is 1. The summed E-state index contributed by atoms with van der Waals surface area (Å²) in [6, 6.07) is -2.20. The fourth-order valence-electron chi connectivity index (χ4n) is 1.25. The molecule has 0 aliphatic carbocycles. The zero-order chi connectivity index (χ0) is 17.1. The Morgan fingerprint density at radius 2 is 1.95 bits per heavy atom. The molecule has 0 saturated heterocycles. The predicted molar refractivity (Wildman–Crippen MR) is 75.8 cm³/mol. The quantitative estimate of drug-likeness (QED) is 0.126. The molecule has 11 heteroatoms. The van der Waals surface area contributed by atoms with Crippen molar-refractivity contribution in [2.75, 3.05) is 12.3 Å². The summed E-state index contributed by atoms with van der Waals surface area (Å²) >= 11 is 3.89. The Morgan fingerprint density at radius 3 is 2.45 bits per heavy atom. The highest BCUT2D eigenvalue weighted by atomic mass is 32.1. The van der Waals surface area contributed by atoms with Crippen molar-refractivity contribution in [2.24, 2.45) is 5.73 Å². The van der Waals surface area contributed by atoms with Crippen molar-refractivity contribution in [3.05, 3.63) is 0 Å². The number of nitrogens with two attached hydrogens (primary N) is 1. The van der Waals surface area contributed by atoms with Gasteiger partial charge in [0.05, 0.1) is 0 Å². The third-order valence-electron chi connectivity index (χ3n) is 2.42. The summed E-state index contributed by atoms with van der Waals surface area (Å²) in [6.45, 7) is -0.611. The fraction of sp³-hybridized carbons (Fsp3) is 0.545. The molecule has 0 spiro atoms. The van der Waals surface area contributed by atoms with Gasteiger partial charge in [0.2, 0.25) is 11.8 Å². The maximum atomic E-state index is 11.7. The van der Waals surface area contributed by atoms with Crippen molar-refractivity contribution in [1.29, 1.82) is 0 Å². The van der Waals surface area contributed by atoms with Crippen LogP contribution in [0.5, 0.6) is 0 Å². The van der Waals surface area contributed by atoms with Crippen molar-refractivity contribution in [3.63, 3.8) is 0 Å². The molecule has 0 aromatic carbocycles. The molecule has 0 bridgehead atoms. The normalized spacial score (nSPS) is 12.6. The lowest BCUT2D eigenvalue weighted by atomic mass is 10.1. The summed E-state index contributed by atoms with van der Waals surface area (Å²) in [7, 11) is 0. The van der Waals surface area contributed by atoms with E-state index in [1.807, 2.05) is 0 Å². The summed E-state index contributed by atoms with van der Waals surface area (Å²) in [5, 5.41) is 13.0. The molecular formula is C11H17N3O7S. The lowest BCUT2D eigenvalue weighted by Crippen LogP contribution is -2.49. The molecule has 0 aliphatic rings. The summed E-state index contributed by atoms with van der Waals surface area (Å²) in [5.41, 5.74) is 5.24. The van der Waals surface area contributed by atoms with Gasteiger partial charge in [0.1, 0.15) is 18.6 Å². The lowest BCUT2D eigenvalue weighted by molar-refractivity contribution is -0.151. The number of ether oxygens (including phenoxy) is 1. The van der Waals surface area contributed by atoms with Gasteiger partial charge >= 0.3 is 18.4 Å². The number of carboxylic acids is 1. The molecule has 2 atom stereocenters. The maximum absolute atomic E-state index is 11.7. The van der Waals surface area contributed by atoms with Gasteiger partial charge in [-0.15, -0.1) is 0 Å². The average Bonchev–Trinajstić information content (AvgIpc) is 2.47. The highest BCUT2D eigenvalue weighted by Crippen LogP contribution is 1.97. The molecule has 0 aliphatic heterocycles. The van der Waals surface area contributed by atoms with E-state index in [2.05, 4.69) is 28.0 Å². The van der Waals surface area contributed by atoms with Crippen LogP contribution in [0.15, 0.2) is 0 Å². The maximum Gasteiger partial charge on any atom is 0.332 e. The van der Waals surface area contributed by atoms with Crippen LogP contribution < -0.4 is 16.4 Å². The molecule has 2 amide bonds. The Balaban J connectivity index is 4.25. The van der Waals surface area contributed by atoms with Crippen LogP contribution in [0.3, 0.4) is 0 Å². The number of rotatable bonds is 10. The minimum atomic E-state index is -1.23. The van der Waals surface area contributed by atoms with Crippen molar-refractivity contribution in [2.45, 2.75) is 24.9 Å². The second kappa shape index (κ2) is 10.6. The Kier molecular flexibility index (Phi) is 9.54. The number of carbonyl (C=O) groups excluding carboxylic acids is 4. The first-order valence-corrected chi connectivity index (χ1v) is 6.74. The van der Waals surface area contributed by atoms with Crippen LogP contribution in [0.1, 0.15) is 12.8 Å². The molecule has 0 rings (SSSR count). The Hall–Kier alpha value is -2.14. The third kappa shape index (κ3) is 8.21. The molecule has 0 aromatic heterocycles. The highest BCUT2D eigenvalue weighted by molar-refractivity contribution is 7.80. The molecule has 0 radical (unpaired) electrons. The predicted octanol–water partition coefficient (Wildman–Crippen LogP) is -2.59. The second-order valence-corrected chi connectivity index (χ2v) is 4.46. The van der Waals surface area contributed by atoms with Gasteiger partial charge in [0.15, 0.2) is 0 Å². The van der Waals surface area contributed by atoms with Gasteiger partial charge in [0, 0.05) is 12.2 Å². The van der Waals surface area contributed by atoms with Gasteiger partial charge in [0.25, 0.3) is 0 Å². The number of aliphatic carboxylic acids is 1. The van der Waals surface area contributed by atoms with Crippen LogP contribution in [0.4, 0.5) is 0 Å². The van der Waals surface area contributed by atoms with Crippen molar-refractivity contribution >= 4 is 42.9 Å². The number of esters is 1. The summed E-state index contributed by atoms with van der Waals surface area (Å²) in [4.78, 5) is 54.5. The standard InChI is InChI=1S/C11H17N3O7S/c12-6(11(19)20)1-2-8(16)14-7(4-22)10(18)13-3-9(17)21-5-15/h5-7,22H,1-4,12H2,(H,13,18)(H,14,16)(H,19,20).